The van der Waals surface area contributed by atoms with Crippen molar-refractivity contribution in [1.29, 1.82) is 0 Å². The molecule has 0 spiro atoms. The summed E-state index contributed by atoms with van der Waals surface area (Å²) >= 11 is 0. The van der Waals surface area contributed by atoms with Crippen LogP contribution in [0.25, 0.3) is 0 Å². The number of carbonyl (C=O) groups is 1. The Morgan fingerprint density at radius 2 is 1.81 bits per heavy atom. The monoisotopic (exact) mass is 352 g/mol. The minimum Gasteiger partial charge on any atom is -0.462 e. The summed E-state index contributed by atoms with van der Waals surface area (Å²) in [4.78, 5) is 13.0. The molecule has 2 nitrogen and oxygen atoms in total. The van der Waals surface area contributed by atoms with Crippen LogP contribution in [0, 0.1) is 29.6 Å². The van der Waals surface area contributed by atoms with Crippen LogP contribution in [-0.4, -0.2) is 12.1 Å². The van der Waals surface area contributed by atoms with Crippen molar-refractivity contribution in [2.45, 2.75) is 64.4 Å². The van der Waals surface area contributed by atoms with Gasteiger partial charge >= 0.3 is 5.97 Å². The van der Waals surface area contributed by atoms with Gasteiger partial charge in [-0.15, -0.1) is 0 Å². The molecule has 0 saturated heterocycles. The van der Waals surface area contributed by atoms with Gasteiger partial charge in [-0.2, -0.15) is 0 Å². The van der Waals surface area contributed by atoms with Gasteiger partial charge in [0.15, 0.2) is 0 Å². The standard InChI is InChI=1S/C24H32O2/c1-16-9-12-21(24(2,3)19-7-5-4-6-8-19)22(13-16)26-23(25)20-15-17-10-11-18(20)14-17/h4-8,10-11,16-18,20-22H,9,12-15H2,1-3H3/t16-,17-,18+,20?,21-,22-/m1/s1. The summed E-state index contributed by atoms with van der Waals surface area (Å²) < 4.78 is 6.25. The fourth-order valence-corrected chi connectivity index (χ4v) is 5.65. The molecular weight excluding hydrogens is 320 g/mol. The van der Waals surface area contributed by atoms with Crippen molar-refractivity contribution in [3.8, 4) is 0 Å². The van der Waals surface area contributed by atoms with Gasteiger partial charge in [0.05, 0.1) is 5.92 Å². The second-order valence-electron chi connectivity index (χ2n) is 9.47. The Bertz CT molecular complexity index is 675. The van der Waals surface area contributed by atoms with Crippen molar-refractivity contribution < 1.29 is 9.53 Å². The predicted octanol–water partition coefficient (Wildman–Crippen LogP) is 5.52. The van der Waals surface area contributed by atoms with Gasteiger partial charge in [0.1, 0.15) is 6.10 Å². The zero-order chi connectivity index (χ0) is 18.3. The molecule has 26 heavy (non-hydrogen) atoms. The highest BCUT2D eigenvalue weighted by molar-refractivity contribution is 5.74. The molecule has 0 heterocycles. The molecule has 1 aromatic carbocycles. The van der Waals surface area contributed by atoms with Crippen molar-refractivity contribution in [1.82, 2.24) is 0 Å². The SMILES string of the molecule is C[C@@H]1CC[C@@H](C(C)(C)c2ccccc2)[C@H](OC(=O)C2C[C@@H]3C=C[C@H]2C3)C1. The maximum absolute atomic E-state index is 13.0. The van der Waals surface area contributed by atoms with E-state index in [4.69, 9.17) is 4.74 Å². The fourth-order valence-electron chi connectivity index (χ4n) is 5.65. The second kappa shape index (κ2) is 6.87. The molecule has 6 atom stereocenters. The predicted molar refractivity (Wildman–Crippen MR) is 105 cm³/mol. The minimum atomic E-state index is 0.0148. The summed E-state index contributed by atoms with van der Waals surface area (Å²) in [6.07, 6.45) is 10.1. The third kappa shape index (κ3) is 3.23. The van der Waals surface area contributed by atoms with E-state index in [1.54, 1.807) is 0 Å². The highest BCUT2D eigenvalue weighted by Crippen LogP contribution is 2.47. The first-order chi connectivity index (χ1) is 12.4. The molecule has 1 aromatic rings. The topological polar surface area (TPSA) is 26.3 Å². The number of hydrogen-bond acceptors (Lipinski definition) is 2. The van der Waals surface area contributed by atoms with E-state index in [9.17, 15) is 4.79 Å². The van der Waals surface area contributed by atoms with E-state index in [1.807, 2.05) is 0 Å². The lowest BCUT2D eigenvalue weighted by Gasteiger charge is -2.44. The Morgan fingerprint density at radius 3 is 2.46 bits per heavy atom. The van der Waals surface area contributed by atoms with E-state index in [1.165, 1.54) is 12.0 Å². The Labute approximate surface area is 158 Å². The minimum absolute atomic E-state index is 0.0148. The zero-order valence-corrected chi connectivity index (χ0v) is 16.4. The molecule has 0 amide bonds. The molecular formula is C24H32O2. The van der Waals surface area contributed by atoms with E-state index >= 15 is 0 Å². The van der Waals surface area contributed by atoms with E-state index < -0.39 is 0 Å². The number of fused-ring (bicyclic) bond motifs is 2. The first-order valence-electron chi connectivity index (χ1n) is 10.4. The van der Waals surface area contributed by atoms with Crippen molar-refractivity contribution in [3.05, 3.63) is 48.0 Å². The van der Waals surface area contributed by atoms with Gasteiger partial charge in [0.2, 0.25) is 0 Å². The molecule has 0 N–H and O–H groups in total. The van der Waals surface area contributed by atoms with Crippen LogP contribution < -0.4 is 0 Å². The molecule has 2 saturated carbocycles. The van der Waals surface area contributed by atoms with Gasteiger partial charge in [-0.3, -0.25) is 4.79 Å². The van der Waals surface area contributed by atoms with E-state index in [-0.39, 0.29) is 23.4 Å². The van der Waals surface area contributed by atoms with Crippen LogP contribution in [0.5, 0.6) is 0 Å². The summed E-state index contributed by atoms with van der Waals surface area (Å²) in [6.45, 7) is 6.95. The smallest absolute Gasteiger partial charge is 0.309 e. The van der Waals surface area contributed by atoms with Crippen LogP contribution in [0.4, 0.5) is 0 Å². The van der Waals surface area contributed by atoms with Gasteiger partial charge in [-0.1, -0.05) is 69.7 Å². The van der Waals surface area contributed by atoms with Gasteiger partial charge in [-0.25, -0.2) is 0 Å². The number of hydrogen-bond donors (Lipinski definition) is 0. The molecule has 3 aliphatic rings. The van der Waals surface area contributed by atoms with Gasteiger partial charge < -0.3 is 4.74 Å². The molecule has 0 aromatic heterocycles. The van der Waals surface area contributed by atoms with Crippen molar-refractivity contribution in [2.75, 3.05) is 0 Å². The number of esters is 1. The molecule has 1 unspecified atom stereocenters. The maximum Gasteiger partial charge on any atom is 0.309 e. The largest absolute Gasteiger partial charge is 0.462 e. The molecule has 140 valence electrons. The summed E-state index contributed by atoms with van der Waals surface area (Å²) in [5, 5.41) is 0. The molecule has 4 rings (SSSR count). The Balaban J connectivity index is 1.52. The molecule has 2 heteroatoms. The second-order valence-corrected chi connectivity index (χ2v) is 9.47. The lowest BCUT2D eigenvalue weighted by atomic mass is 9.64. The number of rotatable bonds is 4. The van der Waals surface area contributed by atoms with Gasteiger partial charge in [-0.05, 0) is 54.4 Å². The van der Waals surface area contributed by atoms with Crippen LogP contribution in [0.2, 0.25) is 0 Å². The van der Waals surface area contributed by atoms with E-state index in [0.29, 0.717) is 23.7 Å². The number of carbonyl (C=O) groups excluding carboxylic acids is 1. The molecule has 3 aliphatic carbocycles. The van der Waals surface area contributed by atoms with Crippen molar-refractivity contribution in [3.63, 3.8) is 0 Å². The summed E-state index contributed by atoms with van der Waals surface area (Å²) in [5.41, 5.74) is 1.37. The van der Waals surface area contributed by atoms with Crippen LogP contribution in [0.3, 0.4) is 0 Å². The summed E-state index contributed by atoms with van der Waals surface area (Å²) in [7, 11) is 0. The van der Waals surface area contributed by atoms with Crippen LogP contribution in [-0.2, 0) is 14.9 Å². The summed E-state index contributed by atoms with van der Waals surface area (Å²) in [6, 6.07) is 10.7. The lowest BCUT2D eigenvalue weighted by molar-refractivity contribution is -0.162. The third-order valence-electron chi connectivity index (χ3n) is 7.35. The van der Waals surface area contributed by atoms with Gasteiger partial charge in [0.25, 0.3) is 0 Å². The zero-order valence-electron chi connectivity index (χ0n) is 16.4. The van der Waals surface area contributed by atoms with Crippen molar-refractivity contribution in [2.24, 2.45) is 29.6 Å². The van der Waals surface area contributed by atoms with Crippen LogP contribution >= 0.6 is 0 Å². The average molecular weight is 353 g/mol. The fraction of sp³-hybridized carbons (Fsp3) is 0.625. The van der Waals surface area contributed by atoms with E-state index in [0.717, 1.165) is 25.7 Å². The Kier molecular flexibility index (Phi) is 4.71. The molecule has 2 fully saturated rings. The number of allylic oxidation sites excluding steroid dienone is 2. The first kappa shape index (κ1) is 17.8. The normalized spacial score (nSPS) is 36.3. The lowest BCUT2D eigenvalue weighted by Crippen LogP contribution is -2.44. The number of ether oxygens (including phenoxy) is 1. The Morgan fingerprint density at radius 1 is 1.04 bits per heavy atom. The van der Waals surface area contributed by atoms with E-state index in [2.05, 4.69) is 63.3 Å². The maximum atomic E-state index is 13.0. The number of benzene rings is 1. The molecule has 0 aliphatic heterocycles. The Hall–Kier alpha value is -1.57. The van der Waals surface area contributed by atoms with Crippen LogP contribution in [0.15, 0.2) is 42.5 Å². The summed E-state index contributed by atoms with van der Waals surface area (Å²) in [5.74, 6) is 2.22. The highest BCUT2D eigenvalue weighted by atomic mass is 16.5. The highest BCUT2D eigenvalue weighted by Gasteiger charge is 2.45. The molecule has 2 bridgehead atoms. The first-order valence-corrected chi connectivity index (χ1v) is 10.4. The quantitative estimate of drug-likeness (QED) is 0.526. The molecule has 0 radical (unpaired) electrons. The van der Waals surface area contributed by atoms with Crippen molar-refractivity contribution >= 4 is 5.97 Å². The van der Waals surface area contributed by atoms with Crippen LogP contribution in [0.1, 0.15) is 58.4 Å². The van der Waals surface area contributed by atoms with Gasteiger partial charge in [0, 0.05) is 5.92 Å². The third-order valence-corrected chi connectivity index (χ3v) is 7.35. The average Bonchev–Trinajstić information content (AvgIpc) is 3.26.